The number of carbonyl (C=O) groups is 2. The maximum atomic E-state index is 13.0. The van der Waals surface area contributed by atoms with Gasteiger partial charge in [-0.15, -0.1) is 0 Å². The van der Waals surface area contributed by atoms with E-state index >= 15 is 0 Å². The van der Waals surface area contributed by atoms with Crippen molar-refractivity contribution in [2.45, 2.75) is 40.7 Å². The summed E-state index contributed by atoms with van der Waals surface area (Å²) in [6.45, 7) is 10.2. The van der Waals surface area contributed by atoms with E-state index in [4.69, 9.17) is 23.7 Å². The summed E-state index contributed by atoms with van der Waals surface area (Å²) in [6, 6.07) is 9.56. The molecule has 2 aromatic carbocycles. The fraction of sp³-hybridized carbons (Fsp3) is 0.370. The van der Waals surface area contributed by atoms with Gasteiger partial charge in [0.25, 0.3) is 5.91 Å². The molecule has 0 heterocycles. The van der Waals surface area contributed by atoms with E-state index in [9.17, 15) is 14.9 Å². The number of carbonyl (C=O) groups excluding carboxylic acids is 2. The zero-order chi connectivity index (χ0) is 26.7. The fourth-order valence-electron chi connectivity index (χ4n) is 3.18. The van der Waals surface area contributed by atoms with Gasteiger partial charge in [0.15, 0.2) is 23.0 Å². The third-order valence-electron chi connectivity index (χ3n) is 4.63. The molecule has 0 aromatic heterocycles. The lowest BCUT2D eigenvalue weighted by Gasteiger charge is -2.17. The minimum absolute atomic E-state index is 0.0585. The largest absolute Gasteiger partial charge is 0.493 e. The van der Waals surface area contributed by atoms with Crippen molar-refractivity contribution in [1.29, 1.82) is 5.26 Å². The second kappa shape index (κ2) is 13.6. The van der Waals surface area contributed by atoms with Crippen LogP contribution in [0.15, 0.2) is 35.9 Å². The van der Waals surface area contributed by atoms with Gasteiger partial charge in [0.05, 0.1) is 32.5 Å². The molecule has 1 amide bonds. The summed E-state index contributed by atoms with van der Waals surface area (Å²) in [5.74, 6) is 0.431. The van der Waals surface area contributed by atoms with Crippen molar-refractivity contribution in [1.82, 2.24) is 5.32 Å². The molecule has 192 valence electrons. The molecule has 9 nitrogen and oxygen atoms in total. The molecule has 0 aliphatic heterocycles. The molecule has 9 heteroatoms. The van der Waals surface area contributed by atoms with Crippen molar-refractivity contribution in [3.63, 3.8) is 0 Å². The van der Waals surface area contributed by atoms with Gasteiger partial charge in [-0.1, -0.05) is 6.07 Å². The van der Waals surface area contributed by atoms with Crippen molar-refractivity contribution in [2.75, 3.05) is 26.9 Å². The first-order valence-corrected chi connectivity index (χ1v) is 11.7. The summed E-state index contributed by atoms with van der Waals surface area (Å²) in [5.41, 5.74) is 0.672. The van der Waals surface area contributed by atoms with E-state index in [0.29, 0.717) is 42.6 Å². The van der Waals surface area contributed by atoms with Gasteiger partial charge in [-0.3, -0.25) is 4.79 Å². The van der Waals surface area contributed by atoms with Crippen LogP contribution in [-0.2, 0) is 4.79 Å². The van der Waals surface area contributed by atoms with E-state index in [0.717, 1.165) is 0 Å². The van der Waals surface area contributed by atoms with Gasteiger partial charge in [0.2, 0.25) is 5.75 Å². The lowest BCUT2D eigenvalue weighted by molar-refractivity contribution is -0.117. The summed E-state index contributed by atoms with van der Waals surface area (Å²) in [5, 5.41) is 12.0. The summed E-state index contributed by atoms with van der Waals surface area (Å²) in [6.07, 6.45) is 1.43. The van der Waals surface area contributed by atoms with Gasteiger partial charge >= 0.3 is 5.97 Å². The maximum Gasteiger partial charge on any atom is 0.343 e. The molecule has 2 aromatic rings. The zero-order valence-electron chi connectivity index (χ0n) is 21.5. The van der Waals surface area contributed by atoms with Crippen LogP contribution in [-0.4, -0.2) is 44.8 Å². The average Bonchev–Trinajstić information content (AvgIpc) is 2.84. The molecule has 0 radical (unpaired) electrons. The van der Waals surface area contributed by atoms with Crippen LogP contribution < -0.4 is 29.0 Å². The lowest BCUT2D eigenvalue weighted by Crippen LogP contribution is -2.30. The van der Waals surface area contributed by atoms with Crippen LogP contribution in [0.3, 0.4) is 0 Å². The van der Waals surface area contributed by atoms with Crippen LogP contribution in [0.5, 0.6) is 28.7 Å². The van der Waals surface area contributed by atoms with E-state index in [1.54, 1.807) is 26.0 Å². The smallest absolute Gasteiger partial charge is 0.343 e. The predicted octanol–water partition coefficient (Wildman–Crippen LogP) is 4.54. The fourth-order valence-corrected chi connectivity index (χ4v) is 3.18. The van der Waals surface area contributed by atoms with Crippen molar-refractivity contribution in [3.8, 4) is 34.8 Å². The predicted molar refractivity (Wildman–Crippen MR) is 135 cm³/mol. The van der Waals surface area contributed by atoms with E-state index < -0.39 is 11.9 Å². The lowest BCUT2D eigenvalue weighted by atomic mass is 10.1. The molecule has 2 rings (SSSR count). The number of rotatable bonds is 12. The third kappa shape index (κ3) is 7.40. The number of hydrogen-bond donors (Lipinski definition) is 1. The molecule has 0 saturated carbocycles. The SMILES string of the molecule is CCOc1cc(C(=O)Oc2ccc(C=C(C#N)C(=O)NC(C)C)cc2OC)cc(OCC)c1OCC. The van der Waals surface area contributed by atoms with Gasteiger partial charge in [0.1, 0.15) is 11.6 Å². The number of nitrogens with one attached hydrogen (secondary N) is 1. The average molecular weight is 497 g/mol. The maximum absolute atomic E-state index is 13.0. The Morgan fingerprint density at radius 1 is 0.944 bits per heavy atom. The van der Waals surface area contributed by atoms with Crippen LogP contribution >= 0.6 is 0 Å². The minimum Gasteiger partial charge on any atom is -0.493 e. The molecule has 0 atom stereocenters. The zero-order valence-corrected chi connectivity index (χ0v) is 21.5. The number of ether oxygens (including phenoxy) is 5. The van der Waals surface area contributed by atoms with Crippen LogP contribution in [0.4, 0.5) is 0 Å². The van der Waals surface area contributed by atoms with E-state index in [2.05, 4.69) is 5.32 Å². The molecule has 0 spiro atoms. The molecule has 0 unspecified atom stereocenters. The van der Waals surface area contributed by atoms with Crippen LogP contribution in [0.1, 0.15) is 50.5 Å². The highest BCUT2D eigenvalue weighted by Gasteiger charge is 2.21. The second-order valence-corrected chi connectivity index (χ2v) is 7.70. The molecule has 0 aliphatic carbocycles. The Hall–Kier alpha value is -4.19. The molecule has 0 aliphatic rings. The Labute approximate surface area is 211 Å². The van der Waals surface area contributed by atoms with Crippen molar-refractivity contribution < 1.29 is 33.3 Å². The Balaban J connectivity index is 2.38. The highest BCUT2D eigenvalue weighted by Crippen LogP contribution is 2.40. The number of nitriles is 1. The minimum atomic E-state index is -0.657. The Bertz CT molecular complexity index is 1120. The van der Waals surface area contributed by atoms with Crippen LogP contribution in [0, 0.1) is 11.3 Å². The first-order chi connectivity index (χ1) is 17.3. The first-order valence-electron chi connectivity index (χ1n) is 11.7. The number of hydrogen-bond acceptors (Lipinski definition) is 8. The van der Waals surface area contributed by atoms with Gasteiger partial charge in [-0.25, -0.2) is 4.79 Å². The van der Waals surface area contributed by atoms with Gasteiger partial charge in [-0.2, -0.15) is 5.26 Å². The monoisotopic (exact) mass is 496 g/mol. The van der Waals surface area contributed by atoms with Gasteiger partial charge < -0.3 is 29.0 Å². The van der Waals surface area contributed by atoms with E-state index in [-0.39, 0.29) is 28.7 Å². The topological polar surface area (TPSA) is 116 Å². The van der Waals surface area contributed by atoms with E-state index in [1.807, 2.05) is 26.8 Å². The summed E-state index contributed by atoms with van der Waals surface area (Å²) in [4.78, 5) is 25.2. The standard InChI is InChI=1S/C27H32N2O7/c1-7-33-23-14-19(15-24(34-8-2)25(23)35-9-3)27(31)36-21-11-10-18(13-22(21)32-6)12-20(16-28)26(30)29-17(4)5/h10-15,17H,7-9H2,1-6H3,(H,29,30). The summed E-state index contributed by atoms with van der Waals surface area (Å²) >= 11 is 0. The van der Waals surface area contributed by atoms with Crippen molar-refractivity contribution in [2.24, 2.45) is 0 Å². The number of esters is 1. The molecule has 0 bridgehead atoms. The Morgan fingerprint density at radius 3 is 2.06 bits per heavy atom. The molecule has 36 heavy (non-hydrogen) atoms. The molecule has 0 fully saturated rings. The molecule has 0 saturated heterocycles. The van der Waals surface area contributed by atoms with Crippen molar-refractivity contribution >= 4 is 18.0 Å². The van der Waals surface area contributed by atoms with Gasteiger partial charge in [-0.05, 0) is 70.5 Å². The van der Waals surface area contributed by atoms with Crippen molar-refractivity contribution in [3.05, 3.63) is 47.0 Å². The number of amides is 1. The number of benzene rings is 2. The number of methoxy groups -OCH3 is 1. The quantitative estimate of drug-likeness (QED) is 0.197. The Kier molecular flexibility index (Phi) is 10.6. The third-order valence-corrected chi connectivity index (χ3v) is 4.63. The highest BCUT2D eigenvalue weighted by molar-refractivity contribution is 6.01. The van der Waals surface area contributed by atoms with E-state index in [1.165, 1.54) is 31.4 Å². The van der Waals surface area contributed by atoms with Crippen LogP contribution in [0.2, 0.25) is 0 Å². The Morgan fingerprint density at radius 2 is 1.56 bits per heavy atom. The molecular weight excluding hydrogens is 464 g/mol. The summed E-state index contributed by atoms with van der Waals surface area (Å²) in [7, 11) is 1.42. The van der Waals surface area contributed by atoms with Crippen LogP contribution in [0.25, 0.3) is 6.08 Å². The molecule has 1 N–H and O–H groups in total. The number of nitrogens with zero attached hydrogens (tertiary/aromatic N) is 1. The molecular formula is C27H32N2O7. The second-order valence-electron chi connectivity index (χ2n) is 7.70. The summed E-state index contributed by atoms with van der Waals surface area (Å²) < 4.78 is 28.0. The first kappa shape index (κ1) is 28.1. The highest BCUT2D eigenvalue weighted by atomic mass is 16.6. The normalized spacial score (nSPS) is 10.9. The van der Waals surface area contributed by atoms with Gasteiger partial charge in [0, 0.05) is 6.04 Å².